The third-order valence-corrected chi connectivity index (χ3v) is 6.09. The number of pyridine rings is 1. The van der Waals surface area contributed by atoms with Gasteiger partial charge < -0.3 is 9.64 Å². The first-order valence-corrected chi connectivity index (χ1v) is 10.4. The lowest BCUT2D eigenvalue weighted by atomic mass is 9.86. The minimum atomic E-state index is -0.222. The van der Waals surface area contributed by atoms with E-state index in [0.29, 0.717) is 32.0 Å². The lowest BCUT2D eigenvalue weighted by molar-refractivity contribution is 0.122. The zero-order chi connectivity index (χ0) is 20.5. The fraction of sp³-hybridized carbons (Fsp3) is 0.333. The molecule has 1 fully saturated rings. The Bertz CT molecular complexity index is 1150. The van der Waals surface area contributed by atoms with Gasteiger partial charge in [-0.05, 0) is 48.6 Å². The molecule has 0 saturated carbocycles. The summed E-state index contributed by atoms with van der Waals surface area (Å²) in [5.41, 5.74) is 5.69. The lowest BCUT2D eigenvalue weighted by Gasteiger charge is -2.29. The Balaban J connectivity index is 1.55. The van der Waals surface area contributed by atoms with E-state index in [9.17, 15) is 5.26 Å². The van der Waals surface area contributed by atoms with Gasteiger partial charge in [0.15, 0.2) is 0 Å². The fourth-order valence-corrected chi connectivity index (χ4v) is 4.45. The first-order chi connectivity index (χ1) is 14.7. The van der Waals surface area contributed by atoms with E-state index in [4.69, 9.17) is 4.74 Å². The number of benzene rings is 1. The summed E-state index contributed by atoms with van der Waals surface area (Å²) >= 11 is 0. The van der Waals surface area contributed by atoms with Crippen LogP contribution in [-0.4, -0.2) is 35.9 Å². The molecule has 3 heterocycles. The average Bonchev–Trinajstić information content (AvgIpc) is 3.24. The molecule has 3 aromatic rings. The Kier molecular flexibility index (Phi) is 4.97. The van der Waals surface area contributed by atoms with Gasteiger partial charge in [0.1, 0.15) is 5.82 Å². The van der Waals surface area contributed by atoms with Crippen molar-refractivity contribution in [2.45, 2.75) is 19.3 Å². The second kappa shape index (κ2) is 7.92. The number of anilines is 1. The van der Waals surface area contributed by atoms with Gasteiger partial charge in [-0.2, -0.15) is 10.4 Å². The van der Waals surface area contributed by atoms with E-state index < -0.39 is 0 Å². The second-order valence-electron chi connectivity index (χ2n) is 7.87. The fourth-order valence-electron chi connectivity index (χ4n) is 4.45. The zero-order valence-corrected chi connectivity index (χ0v) is 16.7. The Morgan fingerprint density at radius 2 is 2.03 bits per heavy atom. The van der Waals surface area contributed by atoms with E-state index in [0.717, 1.165) is 41.5 Å². The first kappa shape index (κ1) is 18.8. The maximum atomic E-state index is 15.0. The SMILES string of the molecule is N#CC1CC=C(c2cccn3ncc(-c4ccc(N5CCOCC5)c(F)c4)c23)CC1. The zero-order valence-electron chi connectivity index (χ0n) is 16.7. The number of nitriles is 1. The number of hydrogen-bond donors (Lipinski definition) is 0. The number of halogens is 1. The number of rotatable bonds is 3. The molecule has 1 aliphatic carbocycles. The molecule has 1 aliphatic heterocycles. The Labute approximate surface area is 175 Å². The molecular weight excluding hydrogens is 379 g/mol. The highest BCUT2D eigenvalue weighted by Gasteiger charge is 2.20. The predicted molar refractivity (Wildman–Crippen MR) is 115 cm³/mol. The molecule has 0 amide bonds. The highest BCUT2D eigenvalue weighted by atomic mass is 19.1. The van der Waals surface area contributed by atoms with E-state index >= 15 is 4.39 Å². The molecule has 0 N–H and O–H groups in total. The Morgan fingerprint density at radius 3 is 2.77 bits per heavy atom. The molecule has 0 bridgehead atoms. The minimum absolute atomic E-state index is 0.0969. The van der Waals surface area contributed by atoms with Crippen LogP contribution in [-0.2, 0) is 4.74 Å². The molecule has 5 nitrogen and oxygen atoms in total. The quantitative estimate of drug-likeness (QED) is 0.638. The van der Waals surface area contributed by atoms with E-state index in [1.165, 1.54) is 5.57 Å². The van der Waals surface area contributed by atoms with Crippen LogP contribution in [0, 0.1) is 23.1 Å². The van der Waals surface area contributed by atoms with Crippen molar-refractivity contribution in [2.24, 2.45) is 5.92 Å². The van der Waals surface area contributed by atoms with Crippen molar-refractivity contribution in [3.63, 3.8) is 0 Å². The molecular formula is C24H23FN4O. The first-order valence-electron chi connectivity index (χ1n) is 10.4. The van der Waals surface area contributed by atoms with E-state index in [2.05, 4.69) is 23.3 Å². The van der Waals surface area contributed by atoms with Crippen LogP contribution in [0.1, 0.15) is 24.8 Å². The lowest BCUT2D eigenvalue weighted by Crippen LogP contribution is -2.36. The number of allylic oxidation sites excluding steroid dienone is 2. The van der Waals surface area contributed by atoms with Gasteiger partial charge in [-0.1, -0.05) is 18.2 Å². The maximum absolute atomic E-state index is 15.0. The number of nitrogens with zero attached hydrogens (tertiary/aromatic N) is 4. The van der Waals surface area contributed by atoms with Gasteiger partial charge >= 0.3 is 0 Å². The molecule has 1 aromatic carbocycles. The van der Waals surface area contributed by atoms with Gasteiger partial charge in [0.05, 0.1) is 42.6 Å². The van der Waals surface area contributed by atoms with Gasteiger partial charge in [-0.15, -0.1) is 0 Å². The molecule has 2 aromatic heterocycles. The maximum Gasteiger partial charge on any atom is 0.147 e. The average molecular weight is 402 g/mol. The van der Waals surface area contributed by atoms with Crippen LogP contribution in [0.4, 0.5) is 10.1 Å². The summed E-state index contributed by atoms with van der Waals surface area (Å²) in [5, 5.41) is 13.7. The standard InChI is InChI=1S/C24H23FN4O/c25-22-14-19(7-8-23(22)28-10-12-30-13-11-28)21-16-27-29-9-1-2-20(24(21)29)18-5-3-17(15-26)4-6-18/h1-2,5,7-9,14,16-17H,3-4,6,10-13H2. The molecule has 30 heavy (non-hydrogen) atoms. The number of aromatic nitrogens is 2. The summed E-state index contributed by atoms with van der Waals surface area (Å²) < 4.78 is 22.2. The third-order valence-electron chi connectivity index (χ3n) is 6.09. The van der Waals surface area contributed by atoms with E-state index in [-0.39, 0.29) is 11.7 Å². The van der Waals surface area contributed by atoms with Gasteiger partial charge in [-0.3, -0.25) is 0 Å². The van der Waals surface area contributed by atoms with Crippen LogP contribution in [0.25, 0.3) is 22.2 Å². The third kappa shape index (κ3) is 3.35. The van der Waals surface area contributed by atoms with E-state index in [1.54, 1.807) is 6.07 Å². The molecule has 5 rings (SSSR count). The second-order valence-corrected chi connectivity index (χ2v) is 7.87. The van der Waals surface area contributed by atoms with E-state index in [1.807, 2.05) is 40.0 Å². The summed E-state index contributed by atoms with van der Waals surface area (Å²) in [4.78, 5) is 2.03. The molecule has 0 radical (unpaired) electrons. The Morgan fingerprint density at radius 1 is 1.17 bits per heavy atom. The van der Waals surface area contributed by atoms with Crippen LogP contribution in [0.5, 0.6) is 0 Å². The highest BCUT2D eigenvalue weighted by molar-refractivity contribution is 5.90. The summed E-state index contributed by atoms with van der Waals surface area (Å²) in [6.45, 7) is 2.66. The number of ether oxygens (including phenoxy) is 1. The number of morpholine rings is 1. The van der Waals surface area contributed by atoms with Crippen molar-refractivity contribution in [1.29, 1.82) is 5.26 Å². The number of fused-ring (bicyclic) bond motifs is 1. The molecule has 0 spiro atoms. The summed E-state index contributed by atoms with van der Waals surface area (Å²) in [6.07, 6.45) is 8.42. The molecule has 2 aliphatic rings. The van der Waals surface area contributed by atoms with Crippen LogP contribution in [0.15, 0.2) is 48.8 Å². The topological polar surface area (TPSA) is 53.6 Å². The predicted octanol–water partition coefficient (Wildman–Crippen LogP) is 4.68. The highest BCUT2D eigenvalue weighted by Crippen LogP contribution is 2.36. The van der Waals surface area contributed by atoms with Crippen LogP contribution in [0.3, 0.4) is 0 Å². The van der Waals surface area contributed by atoms with Gasteiger partial charge in [0.2, 0.25) is 0 Å². The molecule has 1 atom stereocenters. The molecule has 6 heteroatoms. The van der Waals surface area contributed by atoms with Crippen molar-refractivity contribution >= 4 is 16.8 Å². The van der Waals surface area contributed by atoms with Crippen molar-refractivity contribution in [2.75, 3.05) is 31.2 Å². The van der Waals surface area contributed by atoms with Crippen molar-refractivity contribution in [3.05, 3.63) is 60.2 Å². The van der Waals surface area contributed by atoms with Crippen LogP contribution < -0.4 is 4.90 Å². The Hall–Kier alpha value is -3.17. The summed E-state index contributed by atoms with van der Waals surface area (Å²) in [7, 11) is 0. The van der Waals surface area contributed by atoms with Crippen molar-refractivity contribution in [3.8, 4) is 17.2 Å². The van der Waals surface area contributed by atoms with Gasteiger partial charge in [-0.25, -0.2) is 8.91 Å². The summed E-state index contributed by atoms with van der Waals surface area (Å²) in [5.74, 6) is -0.125. The smallest absolute Gasteiger partial charge is 0.147 e. The molecule has 1 saturated heterocycles. The van der Waals surface area contributed by atoms with Crippen molar-refractivity contribution in [1.82, 2.24) is 9.61 Å². The van der Waals surface area contributed by atoms with Crippen LogP contribution in [0.2, 0.25) is 0 Å². The number of hydrogen-bond acceptors (Lipinski definition) is 4. The molecule has 152 valence electrons. The van der Waals surface area contributed by atoms with Crippen LogP contribution >= 0.6 is 0 Å². The monoisotopic (exact) mass is 402 g/mol. The minimum Gasteiger partial charge on any atom is -0.378 e. The van der Waals surface area contributed by atoms with Gasteiger partial charge in [0.25, 0.3) is 0 Å². The normalized spacial score (nSPS) is 19.5. The largest absolute Gasteiger partial charge is 0.378 e. The van der Waals surface area contributed by atoms with Gasteiger partial charge in [0, 0.05) is 30.4 Å². The summed E-state index contributed by atoms with van der Waals surface area (Å²) in [6, 6.07) is 11.9. The van der Waals surface area contributed by atoms with Crippen molar-refractivity contribution < 1.29 is 9.13 Å². The molecule has 1 unspecified atom stereocenters.